The Bertz CT molecular complexity index is 24.7. The third-order valence-corrected chi connectivity index (χ3v) is 0. The van der Waals surface area contributed by atoms with Crippen LogP contribution in [0.1, 0.15) is 0 Å². The van der Waals surface area contributed by atoms with Crippen LogP contribution in [0.2, 0.25) is 0 Å². The standard InChI is InChI=1S/8ClH.Sn.V/h8*1H;;/q;;;;;;;;2*+4/p-8. The van der Waals surface area contributed by atoms with E-state index in [0.29, 0.717) is 0 Å². The molecule has 0 aromatic carbocycles. The Kier molecular flexibility index (Phi) is 68.9. The van der Waals surface area contributed by atoms with Crippen LogP contribution in [-0.2, 0) is 18.6 Å². The fourth-order valence-corrected chi connectivity index (χ4v) is 0. The van der Waals surface area contributed by atoms with E-state index in [1.807, 2.05) is 0 Å². The first-order chi connectivity index (χ1) is 2.00. The molecule has 0 bridgehead atoms. The molecule has 0 aliphatic rings. The molecule has 0 heterocycles. The second-order valence-electron chi connectivity index (χ2n) is 0.429. The van der Waals surface area contributed by atoms with E-state index in [1.54, 1.807) is 0 Å². The van der Waals surface area contributed by atoms with E-state index < -0.39 is 13.9 Å². The number of hydrogen-bond acceptors (Lipinski definition) is 0. The third kappa shape index (κ3) is 97.8. The molecule has 65 valence electrons. The summed E-state index contributed by atoms with van der Waals surface area (Å²) in [5.41, 5.74) is 0. The van der Waals surface area contributed by atoms with Crippen LogP contribution >= 0.6 is 35.7 Å². The second kappa shape index (κ2) is 18.5. The fourth-order valence-electron chi connectivity index (χ4n) is 0. The van der Waals surface area contributed by atoms with Crippen molar-refractivity contribution in [3.05, 3.63) is 0 Å². The van der Waals surface area contributed by atoms with Crippen LogP contribution in [0.25, 0.3) is 0 Å². The van der Waals surface area contributed by atoms with E-state index >= 15 is 0 Å². The summed E-state index contributed by atoms with van der Waals surface area (Å²) < 4.78 is 0. The molecule has 0 nitrogen and oxygen atoms in total. The molecule has 0 saturated heterocycles. The zero-order valence-corrected chi connectivity index (χ0v) is 14.3. The zero-order chi connectivity index (χ0) is 4.50. The molecule has 0 amide bonds. The Morgan fingerprint density at radius 1 is 0.600 bits per heavy atom. The summed E-state index contributed by atoms with van der Waals surface area (Å²) in [6, 6.07) is 0. The molecule has 0 spiro atoms. The van der Waals surface area contributed by atoms with Crippen molar-refractivity contribution in [2.75, 3.05) is 0 Å². The molecule has 10 heavy (non-hydrogen) atoms. The van der Waals surface area contributed by atoms with Crippen molar-refractivity contribution in [3.8, 4) is 0 Å². The monoisotopic (exact) mass is 451 g/mol. The van der Waals surface area contributed by atoms with Gasteiger partial charge in [-0.05, 0) is 0 Å². The van der Waals surface area contributed by atoms with Gasteiger partial charge in [0, 0.05) is 0 Å². The molecular weight excluding hydrogens is 453 g/mol. The topological polar surface area (TPSA) is 0 Å². The first-order valence-electron chi connectivity index (χ1n) is 0.756. The molecule has 0 aliphatic heterocycles. The molecule has 0 unspecified atom stereocenters. The molecule has 0 rings (SSSR count). The average Bonchev–Trinajstić information content (AvgIpc) is 0.722. The summed E-state index contributed by atoms with van der Waals surface area (Å²) in [4.78, 5) is 0. The van der Waals surface area contributed by atoms with Gasteiger partial charge >= 0.3 is 68.1 Å². The molecule has 0 atom stereocenters. The van der Waals surface area contributed by atoms with Crippen LogP contribution in [0.15, 0.2) is 0 Å². The summed E-state index contributed by atoms with van der Waals surface area (Å²) in [5, 5.41) is 0. The van der Waals surface area contributed by atoms with Crippen LogP contribution in [0.5, 0.6) is 0 Å². The molecule has 0 N–H and O–H groups in total. The summed E-state index contributed by atoms with van der Waals surface area (Å²) in [6.07, 6.45) is 0. The molecule has 0 aromatic rings. The van der Waals surface area contributed by atoms with Crippen molar-refractivity contribution < 1.29 is 68.2 Å². The van der Waals surface area contributed by atoms with E-state index in [-0.39, 0.29) is 68.2 Å². The number of rotatable bonds is 0. The maximum atomic E-state index is 5.04. The van der Waals surface area contributed by atoms with Crippen molar-refractivity contribution in [2.24, 2.45) is 0 Å². The Morgan fingerprint density at radius 2 is 0.600 bits per heavy atom. The Morgan fingerprint density at radius 3 is 0.600 bits per heavy atom. The van der Waals surface area contributed by atoms with Gasteiger partial charge in [-0.3, -0.25) is 0 Å². The van der Waals surface area contributed by atoms with E-state index in [2.05, 4.69) is 0 Å². The van der Waals surface area contributed by atoms with Gasteiger partial charge in [0.05, 0.1) is 0 Å². The minimum atomic E-state index is -3.29. The predicted octanol–water partition coefficient (Wildman–Crippen LogP) is -9.61. The van der Waals surface area contributed by atoms with Crippen molar-refractivity contribution in [1.29, 1.82) is 0 Å². The second-order valence-corrected chi connectivity index (χ2v) is 25.9. The smallest absolute Gasteiger partial charge is 4.00 e. The largest absolute Gasteiger partial charge is 4.00 e. The van der Waals surface area contributed by atoms with Crippen molar-refractivity contribution in [2.45, 2.75) is 0 Å². The van der Waals surface area contributed by atoms with Gasteiger partial charge in [0.25, 0.3) is 0 Å². The summed E-state index contributed by atoms with van der Waals surface area (Å²) in [7, 11) is 20.1. The normalized spacial score (nSPS) is 6.00. The van der Waals surface area contributed by atoms with Gasteiger partial charge in [-0.2, -0.15) is 0 Å². The van der Waals surface area contributed by atoms with E-state index in [1.165, 1.54) is 0 Å². The minimum Gasteiger partial charge on any atom is 4.00 e. The quantitative estimate of drug-likeness (QED) is 0.320. The van der Waals surface area contributed by atoms with Gasteiger partial charge in [-0.15, -0.1) is 0 Å². The van der Waals surface area contributed by atoms with Gasteiger partial charge in [0.1, 0.15) is 0 Å². The van der Waals surface area contributed by atoms with E-state index in [4.69, 9.17) is 35.7 Å². The Balaban J connectivity index is -0.00000000800. The van der Waals surface area contributed by atoms with Gasteiger partial charge in [0.15, 0.2) is 0 Å². The van der Waals surface area contributed by atoms with Gasteiger partial charge in [-0.25, -0.2) is 0 Å². The van der Waals surface area contributed by atoms with Crippen LogP contribution in [0.4, 0.5) is 0 Å². The number of hydrogen-bond donors (Lipinski definition) is 0. The molecule has 1 radical (unpaired) electrons. The van der Waals surface area contributed by atoms with Gasteiger partial charge in [0.2, 0.25) is 0 Å². The first-order valence-corrected chi connectivity index (χ1v) is 15.2. The van der Waals surface area contributed by atoms with Crippen LogP contribution in [-0.4, -0.2) is 13.9 Å². The van der Waals surface area contributed by atoms with Crippen molar-refractivity contribution >= 4 is 49.6 Å². The van der Waals surface area contributed by atoms with Crippen molar-refractivity contribution in [1.82, 2.24) is 0 Å². The van der Waals surface area contributed by atoms with Crippen LogP contribution in [0.3, 0.4) is 0 Å². The maximum Gasteiger partial charge on any atom is 4.00 e. The first kappa shape index (κ1) is 37.3. The molecule has 10 heteroatoms. The summed E-state index contributed by atoms with van der Waals surface area (Å²) in [6.45, 7) is 0. The van der Waals surface area contributed by atoms with Gasteiger partial charge < -0.3 is 49.6 Å². The van der Waals surface area contributed by atoms with Crippen LogP contribution in [0, 0.1) is 0 Å². The molecular formula is Cl8SnV. The predicted molar refractivity (Wildman–Crippen MR) is 29.2 cm³/mol. The van der Waals surface area contributed by atoms with Crippen LogP contribution < -0.4 is 49.6 Å². The number of halogens is 8. The van der Waals surface area contributed by atoms with E-state index in [0.717, 1.165) is 0 Å². The Labute approximate surface area is 116 Å². The van der Waals surface area contributed by atoms with Gasteiger partial charge in [-0.1, -0.05) is 0 Å². The summed E-state index contributed by atoms with van der Waals surface area (Å²) in [5.74, 6) is 0. The molecule has 0 fully saturated rings. The van der Waals surface area contributed by atoms with E-state index in [9.17, 15) is 0 Å². The molecule has 0 aliphatic carbocycles. The fraction of sp³-hybridized carbons (Fsp3) is 0. The SMILES string of the molecule is [Cl-].[Cl-].[Cl-].[Cl-].[Cl][Sn]([Cl])([Cl])[Cl].[V+4]. The minimum absolute atomic E-state index is 0. The zero-order valence-electron chi connectivity index (χ0n) is 3.97. The molecule has 0 saturated carbocycles. The third-order valence-electron chi connectivity index (χ3n) is 0. The maximum absolute atomic E-state index is 5.04. The molecule has 0 aromatic heterocycles. The van der Waals surface area contributed by atoms with Crippen molar-refractivity contribution in [3.63, 3.8) is 0 Å². The summed E-state index contributed by atoms with van der Waals surface area (Å²) >= 11 is -3.29. The average molecular weight is 453 g/mol. The Hall–Kier alpha value is 3.70.